The van der Waals surface area contributed by atoms with Crippen molar-refractivity contribution in [3.63, 3.8) is 0 Å². The summed E-state index contributed by atoms with van der Waals surface area (Å²) in [5, 5.41) is 15.2. The van der Waals surface area contributed by atoms with Gasteiger partial charge in [0.05, 0.1) is 44.5 Å². The molecule has 0 fully saturated rings. The smallest absolute Gasteiger partial charge is 0.160 e. The minimum absolute atomic E-state index is 0.0178. The molecule has 0 unspecified atom stereocenters. The van der Waals surface area contributed by atoms with Crippen LogP contribution in [-0.4, -0.2) is 29.9 Å². The van der Waals surface area contributed by atoms with Gasteiger partial charge in [-0.25, -0.2) is 29.9 Å². The Morgan fingerprint density at radius 2 is 0.496 bits per heavy atom. The van der Waals surface area contributed by atoms with Crippen LogP contribution in [0.15, 0.2) is 473 Å². The van der Waals surface area contributed by atoms with Gasteiger partial charge in [-0.05, 0) is 174 Å². The third-order valence-electron chi connectivity index (χ3n) is 28.1. The average molecular weight is 1690 g/mol. The zero-order valence-corrected chi connectivity index (χ0v) is 73.2. The second-order valence-electron chi connectivity index (χ2n) is 35.7. The summed E-state index contributed by atoms with van der Waals surface area (Å²) in [6, 6.07) is 170. The highest BCUT2D eigenvalue weighted by Gasteiger charge is 2.49. The third-order valence-corrected chi connectivity index (χ3v) is 28.1. The molecule has 622 valence electrons. The van der Waals surface area contributed by atoms with Crippen LogP contribution in [0.1, 0.15) is 69.5 Å². The first-order valence-electron chi connectivity index (χ1n) is 45.8. The van der Waals surface area contributed by atoms with Gasteiger partial charge in [-0.1, -0.05) is 451 Å². The minimum atomic E-state index is -0.447. The van der Waals surface area contributed by atoms with Crippen molar-refractivity contribution in [2.24, 2.45) is 0 Å². The fourth-order valence-electron chi connectivity index (χ4n) is 22.1. The summed E-state index contributed by atoms with van der Waals surface area (Å²) in [4.78, 5) is 31.3. The van der Waals surface area contributed by atoms with Gasteiger partial charge in [-0.15, -0.1) is 0 Å². The summed E-state index contributed by atoms with van der Waals surface area (Å²) >= 11 is 0. The minimum Gasteiger partial charge on any atom is -0.228 e. The van der Waals surface area contributed by atoms with Crippen LogP contribution in [-0.2, 0) is 16.2 Å². The molecule has 0 radical (unpaired) electrons. The Balaban J connectivity index is 0.000000109. The van der Waals surface area contributed by atoms with Crippen molar-refractivity contribution in [2.75, 3.05) is 0 Å². The van der Waals surface area contributed by atoms with E-state index in [0.717, 1.165) is 111 Å². The maximum Gasteiger partial charge on any atom is 0.160 e. The van der Waals surface area contributed by atoms with E-state index in [9.17, 15) is 0 Å². The number of para-hydroxylation sites is 1. The number of hydrogen-bond acceptors (Lipinski definition) is 6. The van der Waals surface area contributed by atoms with Crippen LogP contribution in [0.5, 0.6) is 0 Å². The highest BCUT2D eigenvalue weighted by atomic mass is 14.9. The quantitative estimate of drug-likeness (QED) is 0.127. The maximum atomic E-state index is 5.35. The van der Waals surface area contributed by atoms with Gasteiger partial charge in [0.2, 0.25) is 0 Å². The Bertz CT molecular complexity index is 8690. The summed E-state index contributed by atoms with van der Waals surface area (Å²) in [5.41, 5.74) is 31.9. The monoisotopic (exact) mass is 1690 g/mol. The fourth-order valence-corrected chi connectivity index (χ4v) is 22.1. The molecule has 0 saturated carbocycles. The number of nitrogens with zero attached hydrogens (tertiary/aromatic N) is 6. The lowest BCUT2D eigenvalue weighted by atomic mass is 9.67. The van der Waals surface area contributed by atoms with Crippen LogP contribution in [0.3, 0.4) is 0 Å². The summed E-state index contributed by atoms with van der Waals surface area (Å²) in [6.07, 6.45) is 0. The van der Waals surface area contributed by atoms with E-state index < -0.39 is 10.8 Å². The van der Waals surface area contributed by atoms with E-state index in [0.29, 0.717) is 0 Å². The summed E-state index contributed by atoms with van der Waals surface area (Å²) < 4.78 is 0. The molecule has 3 aliphatic carbocycles. The first-order chi connectivity index (χ1) is 65.7. The summed E-state index contributed by atoms with van der Waals surface area (Å²) in [6.45, 7) is 4.65. The molecule has 3 aromatic heterocycles. The molecule has 21 aromatic carbocycles. The van der Waals surface area contributed by atoms with Crippen LogP contribution in [0, 0.1) is 0 Å². The van der Waals surface area contributed by atoms with Gasteiger partial charge < -0.3 is 0 Å². The van der Waals surface area contributed by atoms with Gasteiger partial charge in [0.25, 0.3) is 0 Å². The molecule has 6 heteroatoms. The van der Waals surface area contributed by atoms with Gasteiger partial charge in [0, 0.05) is 60.3 Å². The van der Waals surface area contributed by atoms with E-state index in [2.05, 4.69) is 475 Å². The van der Waals surface area contributed by atoms with Crippen molar-refractivity contribution >= 4 is 86.6 Å². The van der Waals surface area contributed by atoms with E-state index in [1.807, 2.05) is 12.1 Å². The Morgan fingerprint density at radius 1 is 0.180 bits per heavy atom. The van der Waals surface area contributed by atoms with E-state index >= 15 is 0 Å². The maximum absolute atomic E-state index is 5.35. The largest absolute Gasteiger partial charge is 0.228 e. The molecule has 3 heterocycles. The summed E-state index contributed by atoms with van der Waals surface area (Å²) in [5.74, 6) is 2.21. The predicted molar refractivity (Wildman–Crippen MR) is 551 cm³/mol. The molecule has 0 bridgehead atoms. The molecule has 0 amide bonds. The van der Waals surface area contributed by atoms with Gasteiger partial charge >= 0.3 is 0 Å². The first-order valence-corrected chi connectivity index (χ1v) is 45.8. The van der Waals surface area contributed by atoms with Crippen LogP contribution >= 0.6 is 0 Å². The van der Waals surface area contributed by atoms with Gasteiger partial charge in [-0.2, -0.15) is 0 Å². The van der Waals surface area contributed by atoms with Crippen molar-refractivity contribution in [3.8, 4) is 101 Å². The lowest BCUT2D eigenvalue weighted by molar-refractivity contribution is 0.661. The second-order valence-corrected chi connectivity index (χ2v) is 35.7. The van der Waals surface area contributed by atoms with Crippen molar-refractivity contribution in [2.45, 2.75) is 30.1 Å². The molecule has 27 rings (SSSR count). The number of benzene rings is 21. The van der Waals surface area contributed by atoms with Crippen LogP contribution < -0.4 is 0 Å². The molecule has 3 aliphatic rings. The molecular formula is C127H84N6. The molecule has 0 N–H and O–H groups in total. The SMILES string of the molecule is CC1(C)c2ccccc2-c2c1ccc1ccc(-c3nc(-c4ccccc4)c4ccccc4n3)cc21.c1ccc(-c2nc(-c3ccc4ccc5c(c4c3)-c3ccccc3C5(c3ccccc3)c3ccccc3)nc3c2ccc2ccccc23)cc1.c1ccc(-c2nc(-c3ccc4ccc5c(c4c3)-c3ccccc3C5(c3ccccc3)c3ccccc3)nc3ccc4ccccc4c23)cc1. The highest BCUT2D eigenvalue weighted by Crippen LogP contribution is 2.61. The van der Waals surface area contributed by atoms with Crippen molar-refractivity contribution in [3.05, 3.63) is 529 Å². The third kappa shape index (κ3) is 12.6. The van der Waals surface area contributed by atoms with Crippen LogP contribution in [0.4, 0.5) is 0 Å². The van der Waals surface area contributed by atoms with E-state index in [1.54, 1.807) is 0 Å². The number of aromatic nitrogens is 6. The van der Waals surface area contributed by atoms with E-state index in [1.165, 1.54) is 132 Å². The highest BCUT2D eigenvalue weighted by molar-refractivity contribution is 6.15. The van der Waals surface area contributed by atoms with Crippen molar-refractivity contribution < 1.29 is 0 Å². The standard InChI is InChI=1S/2C47H30N2.C33H24N2/c1-4-15-33(16-5-1)45-44-37-21-11-10-14-31(37)27-29-42(44)48-46(49-45)34-25-24-32-26-28-41-43(39(32)30-34)38-22-12-13-23-40(38)47(41,35-17-6-2-7-18-35)36-19-8-3-9-20-36;1-4-15-33(16-5-1)44-39-28-26-31-14-10-11-21-37(31)45(39)49-46(48-44)34-25-24-32-27-29-42-43(40(32)30-34)38-22-12-13-23-41(38)47(42,35-17-6-2-7-18-35)36-19-8-3-9-20-36;1-33(2)27-14-8-6-12-24(27)30-26-20-23(17-16-21(26)18-19-28(30)33)32-34-29-15-9-7-13-25(29)31(35-32)22-10-4-3-5-11-22/h2*1-30H;3-20H,1-2H3. The van der Waals surface area contributed by atoms with Crippen molar-refractivity contribution in [1.82, 2.24) is 29.9 Å². The number of rotatable bonds is 10. The van der Waals surface area contributed by atoms with Crippen molar-refractivity contribution in [1.29, 1.82) is 0 Å². The molecule has 0 saturated heterocycles. The Kier molecular flexibility index (Phi) is 18.6. The molecule has 0 atom stereocenters. The Labute approximate surface area is 771 Å². The normalized spacial score (nSPS) is 13.2. The Morgan fingerprint density at radius 3 is 0.977 bits per heavy atom. The molecule has 0 spiro atoms. The van der Waals surface area contributed by atoms with Gasteiger partial charge in [0.15, 0.2) is 17.5 Å². The topological polar surface area (TPSA) is 77.3 Å². The lowest BCUT2D eigenvalue weighted by Crippen LogP contribution is -2.28. The zero-order valence-electron chi connectivity index (χ0n) is 73.2. The van der Waals surface area contributed by atoms with E-state index in [-0.39, 0.29) is 5.41 Å². The fraction of sp³-hybridized carbons (Fsp3) is 0.0394. The van der Waals surface area contributed by atoms with Crippen LogP contribution in [0.25, 0.3) is 188 Å². The van der Waals surface area contributed by atoms with Crippen LogP contribution in [0.2, 0.25) is 0 Å². The lowest BCUT2D eigenvalue weighted by Gasteiger charge is -2.33. The van der Waals surface area contributed by atoms with Gasteiger partial charge in [-0.3, -0.25) is 0 Å². The molecular weight excluding hydrogens is 1610 g/mol. The summed E-state index contributed by atoms with van der Waals surface area (Å²) in [7, 11) is 0. The predicted octanol–water partition coefficient (Wildman–Crippen LogP) is 31.7. The number of hydrogen-bond donors (Lipinski definition) is 0. The van der Waals surface area contributed by atoms with E-state index in [4.69, 9.17) is 29.9 Å². The molecule has 6 nitrogen and oxygen atoms in total. The number of fused-ring (bicyclic) bond motifs is 22. The first kappa shape index (κ1) is 78.2. The van der Waals surface area contributed by atoms with Gasteiger partial charge in [0.1, 0.15) is 0 Å². The molecule has 133 heavy (non-hydrogen) atoms. The second kappa shape index (κ2) is 31.7. The average Bonchev–Trinajstić information content (AvgIpc) is 1.54. The Hall–Kier alpha value is -17.1. The zero-order chi connectivity index (χ0) is 88.3. The molecule has 24 aromatic rings. The molecule has 0 aliphatic heterocycles.